The summed E-state index contributed by atoms with van der Waals surface area (Å²) in [7, 11) is 6.01. The third kappa shape index (κ3) is 3.58. The summed E-state index contributed by atoms with van der Waals surface area (Å²) in [5.41, 5.74) is 1.73. The minimum Gasteiger partial charge on any atom is -0.497 e. The van der Waals surface area contributed by atoms with Crippen molar-refractivity contribution in [3.8, 4) is 23.0 Å². The van der Waals surface area contributed by atoms with Crippen LogP contribution in [0.3, 0.4) is 0 Å². The van der Waals surface area contributed by atoms with E-state index in [9.17, 15) is 14.4 Å². The van der Waals surface area contributed by atoms with Crippen molar-refractivity contribution in [3.63, 3.8) is 0 Å². The van der Waals surface area contributed by atoms with Gasteiger partial charge in [0.25, 0.3) is 0 Å². The first-order chi connectivity index (χ1) is 19.8. The van der Waals surface area contributed by atoms with Crippen molar-refractivity contribution in [1.82, 2.24) is 0 Å². The highest BCUT2D eigenvalue weighted by Gasteiger charge is 2.69. The van der Waals surface area contributed by atoms with Crippen molar-refractivity contribution < 1.29 is 33.3 Å². The summed E-state index contributed by atoms with van der Waals surface area (Å²) >= 11 is 0. The Morgan fingerprint density at radius 2 is 1.61 bits per heavy atom. The summed E-state index contributed by atoms with van der Waals surface area (Å²) in [6, 6.07) is 14.5. The standard InChI is InChI=1S/C32H30N2O7/c1-17(35)28-27(29(36)19-15-24(39-3)30(41-5)25(16-19)40-4)32(21-8-6-7-9-22(21)33-31(32)37)26-13-10-18-14-20(38-2)11-12-23(18)34(26)28/h6-16,26-28H,1-5H3,(H,33,37)/t26-,27+,28+,32-/m1/s1. The monoisotopic (exact) mass is 554 g/mol. The summed E-state index contributed by atoms with van der Waals surface area (Å²) in [5, 5.41) is 3.01. The van der Waals surface area contributed by atoms with E-state index in [-0.39, 0.29) is 23.0 Å². The lowest BCUT2D eigenvalue weighted by Crippen LogP contribution is -2.51. The Balaban J connectivity index is 1.63. The minimum absolute atomic E-state index is 0.230. The number of carbonyl (C=O) groups excluding carboxylic acids is 3. The van der Waals surface area contributed by atoms with Gasteiger partial charge in [-0.2, -0.15) is 0 Å². The van der Waals surface area contributed by atoms with Gasteiger partial charge in [0, 0.05) is 22.5 Å². The summed E-state index contributed by atoms with van der Waals surface area (Å²) < 4.78 is 21.9. The van der Waals surface area contributed by atoms with Crippen LogP contribution in [0.2, 0.25) is 0 Å². The highest BCUT2D eigenvalue weighted by Crippen LogP contribution is 2.58. The van der Waals surface area contributed by atoms with Crippen LogP contribution in [0.4, 0.5) is 11.4 Å². The number of nitrogens with zero attached hydrogens (tertiary/aromatic N) is 1. The Hall–Kier alpha value is -4.79. The van der Waals surface area contributed by atoms with E-state index in [0.717, 1.165) is 11.3 Å². The van der Waals surface area contributed by atoms with Crippen LogP contribution >= 0.6 is 0 Å². The van der Waals surface area contributed by atoms with Crippen LogP contribution in [0.1, 0.15) is 28.4 Å². The maximum absolute atomic E-state index is 14.8. The van der Waals surface area contributed by atoms with Gasteiger partial charge < -0.3 is 29.2 Å². The third-order valence-electron chi connectivity index (χ3n) is 8.49. The smallest absolute Gasteiger partial charge is 0.238 e. The van der Waals surface area contributed by atoms with Gasteiger partial charge >= 0.3 is 0 Å². The SMILES string of the molecule is COc1ccc2c(c1)C=C[C@H]1N2[C@@H](C(C)=O)[C@@H](C(=O)c2cc(OC)c(OC)c(OC)c2)[C@]12C(=O)Nc1ccccc12. The predicted molar refractivity (Wildman–Crippen MR) is 153 cm³/mol. The number of rotatable bonds is 7. The second-order valence-corrected chi connectivity index (χ2v) is 10.3. The molecule has 0 aromatic heterocycles. The van der Waals surface area contributed by atoms with Gasteiger partial charge in [-0.3, -0.25) is 14.4 Å². The average Bonchev–Trinajstić information content (AvgIpc) is 3.48. The summed E-state index contributed by atoms with van der Waals surface area (Å²) in [6.45, 7) is 1.47. The van der Waals surface area contributed by atoms with Crippen LogP contribution in [-0.2, 0) is 15.0 Å². The Labute approximate surface area is 237 Å². The normalized spacial score (nSPS) is 23.4. The maximum Gasteiger partial charge on any atom is 0.238 e. The first-order valence-electron chi connectivity index (χ1n) is 13.2. The summed E-state index contributed by atoms with van der Waals surface area (Å²) in [4.78, 5) is 44.6. The number of amides is 1. The topological polar surface area (TPSA) is 103 Å². The lowest BCUT2D eigenvalue weighted by molar-refractivity contribution is -0.122. The molecule has 4 atom stereocenters. The van der Waals surface area contributed by atoms with E-state index < -0.39 is 23.4 Å². The Morgan fingerprint density at radius 3 is 2.24 bits per heavy atom. The molecule has 6 rings (SSSR count). The quantitative estimate of drug-likeness (QED) is 0.432. The number of anilines is 2. The molecule has 41 heavy (non-hydrogen) atoms. The fraction of sp³-hybridized carbons (Fsp3) is 0.281. The van der Waals surface area contributed by atoms with Crippen LogP contribution in [0, 0.1) is 5.92 Å². The number of ketones is 2. The van der Waals surface area contributed by atoms with E-state index in [1.165, 1.54) is 28.3 Å². The van der Waals surface area contributed by atoms with Crippen LogP contribution in [0.15, 0.2) is 60.7 Å². The molecule has 0 unspecified atom stereocenters. The van der Waals surface area contributed by atoms with Crippen molar-refractivity contribution in [2.45, 2.75) is 24.4 Å². The second kappa shape index (κ2) is 9.69. The molecule has 0 bridgehead atoms. The Kier molecular flexibility index (Phi) is 6.25. The first-order valence-corrected chi connectivity index (χ1v) is 13.2. The fourth-order valence-corrected chi connectivity index (χ4v) is 6.84. The predicted octanol–water partition coefficient (Wildman–Crippen LogP) is 4.28. The molecule has 0 aliphatic carbocycles. The van der Waals surface area contributed by atoms with E-state index in [1.54, 1.807) is 19.2 Å². The molecule has 9 nitrogen and oxygen atoms in total. The molecular weight excluding hydrogens is 524 g/mol. The van der Waals surface area contributed by atoms with E-state index in [4.69, 9.17) is 18.9 Å². The van der Waals surface area contributed by atoms with Crippen molar-refractivity contribution in [1.29, 1.82) is 0 Å². The molecule has 3 aliphatic rings. The number of ether oxygens (including phenoxy) is 4. The maximum atomic E-state index is 14.8. The van der Waals surface area contributed by atoms with Gasteiger partial charge in [-0.05, 0) is 48.9 Å². The van der Waals surface area contributed by atoms with Crippen molar-refractivity contribution in [2.75, 3.05) is 38.7 Å². The van der Waals surface area contributed by atoms with Crippen LogP contribution in [0.25, 0.3) is 6.08 Å². The molecule has 0 saturated carbocycles. The number of para-hydroxylation sites is 1. The average molecular weight is 555 g/mol. The van der Waals surface area contributed by atoms with E-state index in [1.807, 2.05) is 59.5 Å². The van der Waals surface area contributed by atoms with E-state index in [2.05, 4.69) is 5.32 Å². The number of hydrogen-bond donors (Lipinski definition) is 1. The van der Waals surface area contributed by atoms with Crippen molar-refractivity contribution in [2.24, 2.45) is 5.92 Å². The number of Topliss-reactive ketones (excluding diaryl/α,β-unsaturated/α-hetero) is 2. The molecule has 1 spiro atoms. The van der Waals surface area contributed by atoms with Gasteiger partial charge in [-0.25, -0.2) is 0 Å². The minimum atomic E-state index is -1.39. The summed E-state index contributed by atoms with van der Waals surface area (Å²) in [6.07, 6.45) is 3.85. The number of nitrogens with one attached hydrogen (secondary N) is 1. The number of fused-ring (bicyclic) bond motifs is 6. The lowest BCUT2D eigenvalue weighted by atomic mass is 9.64. The molecule has 1 saturated heterocycles. The molecule has 1 fully saturated rings. The van der Waals surface area contributed by atoms with Crippen LogP contribution < -0.4 is 29.2 Å². The van der Waals surface area contributed by atoms with Crippen molar-refractivity contribution >= 4 is 34.9 Å². The summed E-state index contributed by atoms with van der Waals surface area (Å²) in [5.74, 6) is -0.418. The van der Waals surface area contributed by atoms with Crippen LogP contribution in [-0.4, -0.2) is 58.0 Å². The zero-order valence-electron chi connectivity index (χ0n) is 23.4. The van der Waals surface area contributed by atoms with Gasteiger partial charge in [-0.15, -0.1) is 0 Å². The Morgan fingerprint density at radius 1 is 0.902 bits per heavy atom. The zero-order chi connectivity index (χ0) is 29.1. The molecule has 3 heterocycles. The molecule has 9 heteroatoms. The molecule has 3 aromatic carbocycles. The lowest BCUT2D eigenvalue weighted by Gasteiger charge is -2.37. The van der Waals surface area contributed by atoms with Crippen LogP contribution in [0.5, 0.6) is 23.0 Å². The molecule has 0 radical (unpaired) electrons. The van der Waals surface area contributed by atoms with E-state index in [0.29, 0.717) is 34.2 Å². The van der Waals surface area contributed by atoms with E-state index >= 15 is 0 Å². The molecule has 1 N–H and O–H groups in total. The third-order valence-corrected chi connectivity index (χ3v) is 8.49. The molecule has 3 aliphatic heterocycles. The Bertz CT molecular complexity index is 1600. The van der Waals surface area contributed by atoms with Crippen molar-refractivity contribution in [3.05, 3.63) is 77.4 Å². The first kappa shape index (κ1) is 26.4. The van der Waals surface area contributed by atoms with Gasteiger partial charge in [0.2, 0.25) is 11.7 Å². The fourth-order valence-electron chi connectivity index (χ4n) is 6.84. The largest absolute Gasteiger partial charge is 0.497 e. The highest BCUT2D eigenvalue weighted by molar-refractivity contribution is 6.16. The number of carbonyl (C=O) groups is 3. The van der Waals surface area contributed by atoms with Gasteiger partial charge in [0.15, 0.2) is 23.1 Å². The van der Waals surface area contributed by atoms with Gasteiger partial charge in [0.05, 0.1) is 46.4 Å². The second-order valence-electron chi connectivity index (χ2n) is 10.3. The van der Waals surface area contributed by atoms with Gasteiger partial charge in [0.1, 0.15) is 11.2 Å². The zero-order valence-corrected chi connectivity index (χ0v) is 23.4. The number of benzene rings is 3. The highest BCUT2D eigenvalue weighted by atomic mass is 16.5. The molecule has 3 aromatic rings. The number of hydrogen-bond acceptors (Lipinski definition) is 8. The number of methoxy groups -OCH3 is 4. The molecular formula is C32H30N2O7. The molecule has 1 amide bonds. The molecule has 210 valence electrons. The van der Waals surface area contributed by atoms with Gasteiger partial charge in [-0.1, -0.05) is 30.4 Å².